The predicted octanol–water partition coefficient (Wildman–Crippen LogP) is 1.59. The maximum atomic E-state index is 11.0. The van der Waals surface area contributed by atoms with Crippen LogP contribution in [0.3, 0.4) is 0 Å². The Kier molecular flexibility index (Phi) is 2.21. The average molecular weight is 227 g/mol. The summed E-state index contributed by atoms with van der Waals surface area (Å²) in [5.74, 6) is -0.00366. The first-order valence-corrected chi connectivity index (χ1v) is 5.63. The van der Waals surface area contributed by atoms with E-state index in [1.807, 2.05) is 24.7 Å². The van der Waals surface area contributed by atoms with Crippen molar-refractivity contribution in [1.82, 2.24) is 14.9 Å². The standard InChI is InChI=1S/C13H13N3O/c1-9(17)15-7-13-11-5-3-2-4-10(11)12-6-14-8-16(12)13/h2-6,8,13H,7H2,1H3,(H,15,17). The normalized spacial score (nSPS) is 16.4. The van der Waals surface area contributed by atoms with Crippen LogP contribution in [-0.2, 0) is 4.79 Å². The Labute approximate surface area is 99.3 Å². The zero-order chi connectivity index (χ0) is 11.8. The molecule has 0 saturated carbocycles. The summed E-state index contributed by atoms with van der Waals surface area (Å²) in [6.07, 6.45) is 3.69. The number of carbonyl (C=O) groups is 1. The van der Waals surface area contributed by atoms with Crippen LogP contribution in [0.4, 0.5) is 0 Å². The van der Waals surface area contributed by atoms with E-state index in [-0.39, 0.29) is 11.9 Å². The van der Waals surface area contributed by atoms with Gasteiger partial charge in [-0.15, -0.1) is 0 Å². The summed E-state index contributed by atoms with van der Waals surface area (Å²) in [6.45, 7) is 2.14. The summed E-state index contributed by atoms with van der Waals surface area (Å²) in [4.78, 5) is 15.2. The fourth-order valence-electron chi connectivity index (χ4n) is 2.38. The highest BCUT2D eigenvalue weighted by Gasteiger charge is 2.27. The van der Waals surface area contributed by atoms with Crippen LogP contribution in [0.25, 0.3) is 11.3 Å². The first-order valence-electron chi connectivity index (χ1n) is 5.63. The monoisotopic (exact) mass is 227 g/mol. The Hall–Kier alpha value is -2.10. The summed E-state index contributed by atoms with van der Waals surface area (Å²) in [6, 6.07) is 8.41. The number of hydrogen-bond donors (Lipinski definition) is 1. The molecule has 3 rings (SSSR count). The van der Waals surface area contributed by atoms with Gasteiger partial charge in [0.25, 0.3) is 0 Å². The maximum Gasteiger partial charge on any atom is 0.216 e. The summed E-state index contributed by atoms with van der Waals surface area (Å²) >= 11 is 0. The lowest BCUT2D eigenvalue weighted by atomic mass is 10.0. The van der Waals surface area contributed by atoms with E-state index >= 15 is 0 Å². The van der Waals surface area contributed by atoms with E-state index in [1.54, 1.807) is 0 Å². The predicted molar refractivity (Wildman–Crippen MR) is 64.5 cm³/mol. The first kappa shape index (κ1) is 10.1. The fraction of sp³-hybridized carbons (Fsp3) is 0.231. The molecule has 2 heterocycles. The Bertz CT molecular complexity index is 574. The molecular formula is C13H13N3O. The quantitative estimate of drug-likeness (QED) is 0.846. The molecule has 17 heavy (non-hydrogen) atoms. The minimum Gasteiger partial charge on any atom is -0.354 e. The van der Waals surface area contributed by atoms with Crippen molar-refractivity contribution in [3.05, 3.63) is 42.4 Å². The second kappa shape index (κ2) is 3.73. The van der Waals surface area contributed by atoms with Gasteiger partial charge in [0, 0.05) is 19.0 Å². The SMILES string of the molecule is CC(=O)NCC1c2ccccc2-c2cncn21. The molecule has 1 aromatic carbocycles. The summed E-state index contributed by atoms with van der Waals surface area (Å²) < 4.78 is 2.11. The van der Waals surface area contributed by atoms with E-state index in [4.69, 9.17) is 0 Å². The van der Waals surface area contributed by atoms with Gasteiger partial charge in [0.05, 0.1) is 24.3 Å². The van der Waals surface area contributed by atoms with Gasteiger partial charge in [-0.2, -0.15) is 0 Å². The molecule has 1 aromatic heterocycles. The second-order valence-electron chi connectivity index (χ2n) is 4.23. The molecule has 1 aliphatic rings. The molecule has 1 aliphatic heterocycles. The molecular weight excluding hydrogens is 214 g/mol. The van der Waals surface area contributed by atoms with Crippen molar-refractivity contribution in [3.8, 4) is 11.3 Å². The summed E-state index contributed by atoms with van der Waals surface area (Å²) in [7, 11) is 0. The zero-order valence-electron chi connectivity index (χ0n) is 9.55. The van der Waals surface area contributed by atoms with Crippen molar-refractivity contribution in [2.45, 2.75) is 13.0 Å². The van der Waals surface area contributed by atoms with Crippen molar-refractivity contribution in [2.75, 3.05) is 6.54 Å². The van der Waals surface area contributed by atoms with Crippen molar-refractivity contribution >= 4 is 5.91 Å². The Balaban J connectivity index is 2.02. The van der Waals surface area contributed by atoms with Crippen molar-refractivity contribution in [1.29, 1.82) is 0 Å². The lowest BCUT2D eigenvalue weighted by Gasteiger charge is -2.14. The van der Waals surface area contributed by atoms with Crippen LogP contribution in [0.2, 0.25) is 0 Å². The molecule has 4 nitrogen and oxygen atoms in total. The Morgan fingerprint density at radius 3 is 3.12 bits per heavy atom. The summed E-state index contributed by atoms with van der Waals surface area (Å²) in [5, 5.41) is 2.87. The highest BCUT2D eigenvalue weighted by molar-refractivity contribution is 5.73. The van der Waals surface area contributed by atoms with E-state index in [1.165, 1.54) is 18.1 Å². The van der Waals surface area contributed by atoms with Crippen LogP contribution in [-0.4, -0.2) is 22.0 Å². The van der Waals surface area contributed by atoms with Gasteiger partial charge in [-0.25, -0.2) is 4.98 Å². The lowest BCUT2D eigenvalue weighted by molar-refractivity contribution is -0.119. The molecule has 1 atom stereocenters. The minimum absolute atomic E-state index is 0.00366. The number of benzene rings is 1. The molecule has 0 aliphatic carbocycles. The smallest absolute Gasteiger partial charge is 0.216 e. The molecule has 0 radical (unpaired) electrons. The third kappa shape index (κ3) is 1.53. The van der Waals surface area contributed by atoms with Gasteiger partial charge in [0.2, 0.25) is 5.91 Å². The molecule has 0 bridgehead atoms. The molecule has 0 fully saturated rings. The van der Waals surface area contributed by atoms with E-state index in [2.05, 4.69) is 27.0 Å². The number of carbonyl (C=O) groups excluding carboxylic acids is 1. The summed E-state index contributed by atoms with van der Waals surface area (Å²) in [5.41, 5.74) is 3.58. The van der Waals surface area contributed by atoms with Gasteiger partial charge in [-0.3, -0.25) is 4.79 Å². The number of aromatic nitrogens is 2. The Morgan fingerprint density at radius 1 is 1.47 bits per heavy atom. The minimum atomic E-state index is -0.00366. The highest BCUT2D eigenvalue weighted by Crippen LogP contribution is 2.38. The number of nitrogens with one attached hydrogen (secondary N) is 1. The van der Waals surface area contributed by atoms with Crippen LogP contribution < -0.4 is 5.32 Å². The fourth-order valence-corrected chi connectivity index (χ4v) is 2.38. The van der Waals surface area contributed by atoms with Gasteiger partial charge < -0.3 is 9.88 Å². The van der Waals surface area contributed by atoms with E-state index in [9.17, 15) is 4.79 Å². The molecule has 2 aromatic rings. The van der Waals surface area contributed by atoms with Crippen LogP contribution in [0.5, 0.6) is 0 Å². The van der Waals surface area contributed by atoms with Crippen molar-refractivity contribution in [2.24, 2.45) is 0 Å². The van der Waals surface area contributed by atoms with Crippen LogP contribution in [0.1, 0.15) is 18.5 Å². The van der Waals surface area contributed by atoms with Gasteiger partial charge in [-0.1, -0.05) is 24.3 Å². The second-order valence-corrected chi connectivity index (χ2v) is 4.23. The molecule has 0 spiro atoms. The number of imidazole rings is 1. The molecule has 1 unspecified atom stereocenters. The molecule has 0 saturated heterocycles. The molecule has 86 valence electrons. The zero-order valence-corrected chi connectivity index (χ0v) is 9.55. The van der Waals surface area contributed by atoms with Crippen LogP contribution in [0, 0.1) is 0 Å². The van der Waals surface area contributed by atoms with Gasteiger partial charge in [-0.05, 0) is 5.56 Å². The van der Waals surface area contributed by atoms with E-state index in [0.29, 0.717) is 6.54 Å². The Morgan fingerprint density at radius 2 is 2.29 bits per heavy atom. The van der Waals surface area contributed by atoms with Crippen molar-refractivity contribution in [3.63, 3.8) is 0 Å². The highest BCUT2D eigenvalue weighted by atomic mass is 16.1. The third-order valence-corrected chi connectivity index (χ3v) is 3.14. The number of rotatable bonds is 2. The van der Waals surface area contributed by atoms with E-state index < -0.39 is 0 Å². The topological polar surface area (TPSA) is 46.9 Å². The number of nitrogens with zero attached hydrogens (tertiary/aromatic N) is 2. The average Bonchev–Trinajstić information content (AvgIpc) is 2.87. The largest absolute Gasteiger partial charge is 0.354 e. The number of fused-ring (bicyclic) bond motifs is 3. The van der Waals surface area contributed by atoms with Crippen molar-refractivity contribution < 1.29 is 4.79 Å². The number of hydrogen-bond acceptors (Lipinski definition) is 2. The van der Waals surface area contributed by atoms with Crippen LogP contribution in [0.15, 0.2) is 36.8 Å². The molecule has 1 N–H and O–H groups in total. The van der Waals surface area contributed by atoms with E-state index in [0.717, 1.165) is 5.69 Å². The number of amides is 1. The van der Waals surface area contributed by atoms with Gasteiger partial charge in [0.15, 0.2) is 0 Å². The third-order valence-electron chi connectivity index (χ3n) is 3.14. The van der Waals surface area contributed by atoms with Gasteiger partial charge in [0.1, 0.15) is 0 Å². The molecule has 4 heteroatoms. The maximum absolute atomic E-state index is 11.0. The lowest BCUT2D eigenvalue weighted by Crippen LogP contribution is -2.27. The van der Waals surface area contributed by atoms with Gasteiger partial charge >= 0.3 is 0 Å². The first-order chi connectivity index (χ1) is 8.27. The molecule has 1 amide bonds. The van der Waals surface area contributed by atoms with Crippen LogP contribution >= 0.6 is 0 Å².